The van der Waals surface area contributed by atoms with Crippen molar-refractivity contribution in [2.45, 2.75) is 39.5 Å². The van der Waals surface area contributed by atoms with Gasteiger partial charge in [0, 0.05) is 43.2 Å². The fourth-order valence-electron chi connectivity index (χ4n) is 3.81. The van der Waals surface area contributed by atoms with E-state index in [1.807, 2.05) is 44.0 Å². The predicted octanol–water partition coefficient (Wildman–Crippen LogP) is 3.94. The van der Waals surface area contributed by atoms with Gasteiger partial charge in [-0.1, -0.05) is 0 Å². The van der Waals surface area contributed by atoms with Crippen LogP contribution in [0.2, 0.25) is 0 Å². The van der Waals surface area contributed by atoms with E-state index in [1.54, 1.807) is 12.4 Å². The van der Waals surface area contributed by atoms with Crippen molar-refractivity contribution >= 4 is 17.2 Å². The van der Waals surface area contributed by atoms with E-state index in [0.29, 0.717) is 6.54 Å². The Morgan fingerprint density at radius 3 is 2.68 bits per heavy atom. The molecule has 7 heteroatoms. The third-order valence-electron chi connectivity index (χ3n) is 5.12. The number of carbonyl (C=O) groups is 1. The molecule has 0 radical (unpaired) electrons. The zero-order valence-corrected chi connectivity index (χ0v) is 17.2. The minimum absolute atomic E-state index is 0.0871. The minimum atomic E-state index is 0.0871. The molecule has 1 aliphatic heterocycles. The first-order valence-electron chi connectivity index (χ1n) is 9.50. The number of pyridine rings is 1. The third-order valence-corrected chi connectivity index (χ3v) is 6.18. The lowest BCUT2D eigenvalue weighted by Gasteiger charge is -2.33. The molecule has 28 heavy (non-hydrogen) atoms. The highest BCUT2D eigenvalue weighted by Gasteiger charge is 2.30. The summed E-state index contributed by atoms with van der Waals surface area (Å²) in [6, 6.07) is 3.96. The number of nitrogens with zero attached hydrogens (tertiary/aromatic N) is 5. The SMILES string of the molecule is Cc1ncc(-c2ccncc2)c([C@H]2CCCN(C(=O)c3sc(C)nc3C)C2)n1. The van der Waals surface area contributed by atoms with E-state index in [2.05, 4.69) is 15.0 Å². The van der Waals surface area contributed by atoms with E-state index in [4.69, 9.17) is 4.98 Å². The number of carbonyl (C=O) groups excluding carboxylic acids is 1. The molecule has 3 aromatic heterocycles. The van der Waals surface area contributed by atoms with Gasteiger partial charge >= 0.3 is 0 Å². The van der Waals surface area contributed by atoms with Gasteiger partial charge in [0.1, 0.15) is 10.7 Å². The molecular weight excluding hydrogens is 370 g/mol. The monoisotopic (exact) mass is 393 g/mol. The summed E-state index contributed by atoms with van der Waals surface area (Å²) in [6.45, 7) is 7.21. The molecule has 1 fully saturated rings. The minimum Gasteiger partial charge on any atom is -0.337 e. The maximum Gasteiger partial charge on any atom is 0.265 e. The molecule has 0 unspecified atom stereocenters. The molecule has 144 valence electrons. The summed E-state index contributed by atoms with van der Waals surface area (Å²) in [5.41, 5.74) is 3.93. The highest BCUT2D eigenvalue weighted by molar-refractivity contribution is 7.13. The van der Waals surface area contributed by atoms with Crippen molar-refractivity contribution in [3.05, 3.63) is 57.8 Å². The second kappa shape index (κ2) is 7.75. The largest absolute Gasteiger partial charge is 0.337 e. The number of aryl methyl sites for hydroxylation is 3. The Labute approximate surface area is 168 Å². The standard InChI is InChI=1S/C21H23N5OS/c1-13-20(28-15(3)24-13)21(27)26-10-4-5-17(12-26)19-18(11-23-14(2)25-19)16-6-8-22-9-7-16/h6-9,11,17H,4-5,10,12H2,1-3H3/t17-/m0/s1. The van der Waals surface area contributed by atoms with Gasteiger partial charge in [0.05, 0.1) is 16.4 Å². The molecule has 3 aromatic rings. The molecule has 1 atom stereocenters. The summed E-state index contributed by atoms with van der Waals surface area (Å²) in [5.74, 6) is 1.03. The number of piperidine rings is 1. The summed E-state index contributed by atoms with van der Waals surface area (Å²) in [4.78, 5) is 33.5. The molecule has 0 saturated carbocycles. The summed E-state index contributed by atoms with van der Waals surface area (Å²) in [5, 5.41) is 0.931. The highest BCUT2D eigenvalue weighted by Crippen LogP contribution is 2.33. The second-order valence-corrected chi connectivity index (χ2v) is 8.39. The molecule has 0 N–H and O–H groups in total. The maximum absolute atomic E-state index is 13.1. The molecule has 0 aromatic carbocycles. The van der Waals surface area contributed by atoms with E-state index in [0.717, 1.165) is 57.6 Å². The molecule has 4 rings (SSSR count). The molecule has 6 nitrogen and oxygen atoms in total. The summed E-state index contributed by atoms with van der Waals surface area (Å²) in [7, 11) is 0. The van der Waals surface area contributed by atoms with Gasteiger partial charge in [-0.15, -0.1) is 11.3 Å². The van der Waals surface area contributed by atoms with E-state index < -0.39 is 0 Å². The first-order valence-corrected chi connectivity index (χ1v) is 10.3. The van der Waals surface area contributed by atoms with Gasteiger partial charge in [0.25, 0.3) is 5.91 Å². The lowest BCUT2D eigenvalue weighted by atomic mass is 9.90. The fraction of sp³-hybridized carbons (Fsp3) is 0.381. The van der Waals surface area contributed by atoms with Gasteiger partial charge in [-0.25, -0.2) is 15.0 Å². The zero-order chi connectivity index (χ0) is 19.7. The molecule has 0 bridgehead atoms. The zero-order valence-electron chi connectivity index (χ0n) is 16.3. The summed E-state index contributed by atoms with van der Waals surface area (Å²) < 4.78 is 0. The Hall–Kier alpha value is -2.67. The summed E-state index contributed by atoms with van der Waals surface area (Å²) >= 11 is 1.48. The van der Waals surface area contributed by atoms with Gasteiger partial charge < -0.3 is 4.90 Å². The van der Waals surface area contributed by atoms with Gasteiger partial charge in [0.15, 0.2) is 0 Å². The fourth-order valence-corrected chi connectivity index (χ4v) is 4.70. The van der Waals surface area contributed by atoms with Crippen LogP contribution in [0.3, 0.4) is 0 Å². The Kier molecular flexibility index (Phi) is 5.17. The van der Waals surface area contributed by atoms with Gasteiger partial charge in [0.2, 0.25) is 0 Å². The normalized spacial score (nSPS) is 17.0. The van der Waals surface area contributed by atoms with Crippen LogP contribution < -0.4 is 0 Å². The molecule has 1 aliphatic rings. The lowest BCUT2D eigenvalue weighted by Crippen LogP contribution is -2.39. The van der Waals surface area contributed by atoms with Gasteiger partial charge in [-0.05, 0) is 51.3 Å². The molecule has 1 saturated heterocycles. The highest BCUT2D eigenvalue weighted by atomic mass is 32.1. The smallest absolute Gasteiger partial charge is 0.265 e. The Balaban J connectivity index is 1.64. The van der Waals surface area contributed by atoms with Crippen molar-refractivity contribution in [1.82, 2.24) is 24.8 Å². The van der Waals surface area contributed by atoms with Crippen LogP contribution in [0.15, 0.2) is 30.7 Å². The van der Waals surface area contributed by atoms with E-state index in [9.17, 15) is 4.79 Å². The molecule has 0 spiro atoms. The molecule has 0 aliphatic carbocycles. The number of hydrogen-bond acceptors (Lipinski definition) is 6. The molecule has 4 heterocycles. The van der Waals surface area contributed by atoms with Crippen molar-refractivity contribution in [3.63, 3.8) is 0 Å². The van der Waals surface area contributed by atoms with Crippen molar-refractivity contribution in [3.8, 4) is 11.1 Å². The third kappa shape index (κ3) is 3.67. The average molecular weight is 394 g/mol. The maximum atomic E-state index is 13.1. The van der Waals surface area contributed by atoms with Crippen molar-refractivity contribution in [2.75, 3.05) is 13.1 Å². The van der Waals surface area contributed by atoms with Crippen molar-refractivity contribution in [1.29, 1.82) is 0 Å². The number of rotatable bonds is 3. The topological polar surface area (TPSA) is 71.9 Å². The number of aromatic nitrogens is 4. The average Bonchev–Trinajstić information content (AvgIpc) is 3.06. The predicted molar refractivity (Wildman–Crippen MR) is 109 cm³/mol. The second-order valence-electron chi connectivity index (χ2n) is 7.19. The molecular formula is C21H23N5OS. The quantitative estimate of drug-likeness (QED) is 0.674. The van der Waals surface area contributed by atoms with E-state index >= 15 is 0 Å². The number of thiazole rings is 1. The van der Waals surface area contributed by atoms with Crippen LogP contribution in [0.25, 0.3) is 11.1 Å². The van der Waals surface area contributed by atoms with Crippen LogP contribution in [0, 0.1) is 20.8 Å². The first-order chi connectivity index (χ1) is 13.5. The first kappa shape index (κ1) is 18.7. The Morgan fingerprint density at radius 1 is 1.18 bits per heavy atom. The van der Waals surface area contributed by atoms with Crippen molar-refractivity contribution in [2.24, 2.45) is 0 Å². The Bertz CT molecular complexity index is 1000. The van der Waals surface area contributed by atoms with Crippen LogP contribution in [0.5, 0.6) is 0 Å². The van der Waals surface area contributed by atoms with E-state index in [-0.39, 0.29) is 11.8 Å². The van der Waals surface area contributed by atoms with Crippen LogP contribution in [0.4, 0.5) is 0 Å². The van der Waals surface area contributed by atoms with Crippen LogP contribution in [0.1, 0.15) is 50.7 Å². The van der Waals surface area contributed by atoms with Crippen molar-refractivity contribution < 1.29 is 4.79 Å². The van der Waals surface area contributed by atoms with Crippen LogP contribution in [-0.4, -0.2) is 43.8 Å². The lowest BCUT2D eigenvalue weighted by molar-refractivity contribution is 0.0710. The van der Waals surface area contributed by atoms with Crippen LogP contribution in [-0.2, 0) is 0 Å². The molecule has 1 amide bonds. The summed E-state index contributed by atoms with van der Waals surface area (Å²) in [6.07, 6.45) is 7.44. The Morgan fingerprint density at radius 2 is 1.96 bits per heavy atom. The van der Waals surface area contributed by atoms with Gasteiger partial charge in [-0.3, -0.25) is 9.78 Å². The number of amides is 1. The van der Waals surface area contributed by atoms with Gasteiger partial charge in [-0.2, -0.15) is 0 Å². The van der Waals surface area contributed by atoms with Crippen LogP contribution >= 0.6 is 11.3 Å². The number of likely N-dealkylation sites (tertiary alicyclic amines) is 1. The number of hydrogen-bond donors (Lipinski definition) is 0. The van der Waals surface area contributed by atoms with E-state index in [1.165, 1.54) is 11.3 Å².